The molecule has 0 radical (unpaired) electrons. The van der Waals surface area contributed by atoms with Crippen LogP contribution < -0.4 is 5.32 Å². The van der Waals surface area contributed by atoms with E-state index >= 15 is 0 Å². The van der Waals surface area contributed by atoms with E-state index in [1.165, 1.54) is 6.20 Å². The lowest BCUT2D eigenvalue weighted by atomic mass is 10.0. The van der Waals surface area contributed by atoms with Crippen LogP contribution in [0.2, 0.25) is 0 Å². The van der Waals surface area contributed by atoms with Gasteiger partial charge in [0.05, 0.1) is 18.8 Å². The van der Waals surface area contributed by atoms with Crippen LogP contribution in [0.25, 0.3) is 0 Å². The molecule has 0 aromatic rings. The zero-order valence-corrected chi connectivity index (χ0v) is 6.46. The minimum atomic E-state index is -0.860. The Balaban J connectivity index is 2.14. The molecule has 0 unspecified atom stereocenters. The molecule has 4 nitrogen and oxygen atoms in total. The quantitative estimate of drug-likeness (QED) is 0.587. The van der Waals surface area contributed by atoms with Crippen molar-refractivity contribution >= 4 is 5.97 Å². The van der Waals surface area contributed by atoms with Crippen LogP contribution in [0.1, 0.15) is 6.42 Å². The summed E-state index contributed by atoms with van der Waals surface area (Å²) in [5, 5.41) is 11.6. The van der Waals surface area contributed by atoms with Crippen molar-refractivity contribution in [3.05, 3.63) is 23.0 Å². The maximum Gasteiger partial charge on any atom is 0.333 e. The molecule has 2 rings (SSSR count). The summed E-state index contributed by atoms with van der Waals surface area (Å²) in [5.41, 5.74) is 2.49. The minimum Gasteiger partial charge on any atom is -0.478 e. The summed E-state index contributed by atoms with van der Waals surface area (Å²) in [6, 6.07) is 0. The number of ether oxygens (including phenoxy) is 1. The fourth-order valence-corrected chi connectivity index (χ4v) is 1.36. The fraction of sp³-hybridized carbons (Fsp3) is 0.375. The van der Waals surface area contributed by atoms with Gasteiger partial charge in [0.2, 0.25) is 0 Å². The summed E-state index contributed by atoms with van der Waals surface area (Å²) >= 11 is 0. The number of hydrogen-bond donors (Lipinski definition) is 2. The molecule has 12 heavy (non-hydrogen) atoms. The van der Waals surface area contributed by atoms with Gasteiger partial charge in [0.25, 0.3) is 0 Å². The van der Waals surface area contributed by atoms with Crippen LogP contribution >= 0.6 is 0 Å². The van der Waals surface area contributed by atoms with Gasteiger partial charge in [0.1, 0.15) is 0 Å². The number of rotatable bonds is 1. The Morgan fingerprint density at radius 1 is 1.58 bits per heavy atom. The normalized spacial score (nSPS) is 21.5. The van der Waals surface area contributed by atoms with Crippen molar-refractivity contribution in [3.63, 3.8) is 0 Å². The number of hydrogen-bond acceptors (Lipinski definition) is 3. The largest absolute Gasteiger partial charge is 0.478 e. The fourth-order valence-electron chi connectivity index (χ4n) is 1.36. The van der Waals surface area contributed by atoms with Gasteiger partial charge in [-0.1, -0.05) is 0 Å². The molecule has 64 valence electrons. The van der Waals surface area contributed by atoms with E-state index in [0.29, 0.717) is 25.2 Å². The van der Waals surface area contributed by atoms with Crippen LogP contribution in [0.3, 0.4) is 0 Å². The number of carboxylic acid groups (broad SMARTS) is 1. The van der Waals surface area contributed by atoms with E-state index in [-0.39, 0.29) is 0 Å². The van der Waals surface area contributed by atoms with Gasteiger partial charge in [-0.05, 0) is 5.57 Å². The van der Waals surface area contributed by atoms with Crippen LogP contribution in [-0.4, -0.2) is 24.3 Å². The summed E-state index contributed by atoms with van der Waals surface area (Å²) in [4.78, 5) is 10.6. The highest BCUT2D eigenvalue weighted by atomic mass is 16.5. The Morgan fingerprint density at radius 2 is 2.42 bits per heavy atom. The van der Waals surface area contributed by atoms with Crippen LogP contribution in [0, 0.1) is 0 Å². The average Bonchev–Trinajstić information content (AvgIpc) is 2.49. The SMILES string of the molecule is O=C(O)C1=CNC2=C(COC2)C1. The van der Waals surface area contributed by atoms with Crippen LogP contribution in [0.5, 0.6) is 0 Å². The van der Waals surface area contributed by atoms with Crippen molar-refractivity contribution in [1.29, 1.82) is 0 Å². The van der Waals surface area contributed by atoms with Crippen molar-refractivity contribution in [2.45, 2.75) is 6.42 Å². The first-order chi connectivity index (χ1) is 5.77. The highest BCUT2D eigenvalue weighted by Crippen LogP contribution is 2.23. The molecule has 0 aliphatic carbocycles. The van der Waals surface area contributed by atoms with Crippen LogP contribution in [0.4, 0.5) is 0 Å². The van der Waals surface area contributed by atoms with E-state index in [1.54, 1.807) is 0 Å². The molecule has 2 aliphatic heterocycles. The molecule has 2 N–H and O–H groups in total. The van der Waals surface area contributed by atoms with Gasteiger partial charge in [-0.15, -0.1) is 0 Å². The van der Waals surface area contributed by atoms with E-state index in [4.69, 9.17) is 9.84 Å². The molecule has 0 bridgehead atoms. The molecule has 2 aliphatic rings. The molecule has 2 heterocycles. The van der Waals surface area contributed by atoms with Gasteiger partial charge in [0, 0.05) is 18.3 Å². The molecule has 0 spiro atoms. The summed E-state index contributed by atoms with van der Waals surface area (Å²) in [5.74, 6) is -0.860. The molecule has 0 aromatic heterocycles. The molecule has 0 saturated heterocycles. The predicted molar refractivity (Wildman–Crippen MR) is 41.3 cm³/mol. The third-order valence-corrected chi connectivity index (χ3v) is 2.05. The number of carboxylic acids is 1. The van der Waals surface area contributed by atoms with Crippen LogP contribution in [-0.2, 0) is 9.53 Å². The lowest BCUT2D eigenvalue weighted by Crippen LogP contribution is -2.17. The molecule has 0 aromatic carbocycles. The monoisotopic (exact) mass is 167 g/mol. The third kappa shape index (κ3) is 1.10. The van der Waals surface area contributed by atoms with Gasteiger partial charge in [-0.2, -0.15) is 0 Å². The van der Waals surface area contributed by atoms with Crippen molar-refractivity contribution < 1.29 is 14.6 Å². The summed E-state index contributed by atoms with van der Waals surface area (Å²) in [6.07, 6.45) is 2.05. The Morgan fingerprint density at radius 3 is 3.17 bits per heavy atom. The zero-order chi connectivity index (χ0) is 8.55. The van der Waals surface area contributed by atoms with E-state index < -0.39 is 5.97 Å². The van der Waals surface area contributed by atoms with E-state index in [2.05, 4.69) is 5.32 Å². The second-order valence-corrected chi connectivity index (χ2v) is 2.87. The van der Waals surface area contributed by atoms with Gasteiger partial charge in [-0.3, -0.25) is 0 Å². The Bertz CT molecular complexity index is 291. The van der Waals surface area contributed by atoms with Gasteiger partial charge < -0.3 is 15.2 Å². The summed E-state index contributed by atoms with van der Waals surface area (Å²) < 4.78 is 5.16. The molecule has 0 saturated carbocycles. The van der Waals surface area contributed by atoms with Gasteiger partial charge >= 0.3 is 5.97 Å². The first-order valence-corrected chi connectivity index (χ1v) is 3.75. The number of nitrogens with one attached hydrogen (secondary N) is 1. The standard InChI is InChI=1S/C8H9NO3/c10-8(11)5-1-6-3-12-4-7(6)9-2-5/h2,9H,1,3-4H2,(H,10,11). The lowest BCUT2D eigenvalue weighted by molar-refractivity contribution is -0.132. The third-order valence-electron chi connectivity index (χ3n) is 2.05. The molecular weight excluding hydrogens is 158 g/mol. The van der Waals surface area contributed by atoms with E-state index in [0.717, 1.165) is 11.3 Å². The Hall–Kier alpha value is -1.29. The van der Waals surface area contributed by atoms with Gasteiger partial charge in [-0.25, -0.2) is 4.79 Å². The van der Waals surface area contributed by atoms with E-state index in [1.807, 2.05) is 0 Å². The number of aliphatic carboxylic acids is 1. The molecule has 0 fully saturated rings. The summed E-state index contributed by atoms with van der Waals surface area (Å²) in [7, 11) is 0. The van der Waals surface area contributed by atoms with E-state index in [9.17, 15) is 4.79 Å². The van der Waals surface area contributed by atoms with Crippen molar-refractivity contribution in [1.82, 2.24) is 5.32 Å². The number of carbonyl (C=O) groups is 1. The second kappa shape index (κ2) is 2.64. The topological polar surface area (TPSA) is 58.6 Å². The average molecular weight is 167 g/mol. The minimum absolute atomic E-state index is 0.402. The molecular formula is C8H9NO3. The van der Waals surface area contributed by atoms with Crippen molar-refractivity contribution in [3.8, 4) is 0 Å². The summed E-state index contributed by atoms with van der Waals surface area (Å²) in [6.45, 7) is 1.14. The number of dihydropyridines is 1. The molecule has 0 atom stereocenters. The van der Waals surface area contributed by atoms with Crippen molar-refractivity contribution in [2.24, 2.45) is 0 Å². The second-order valence-electron chi connectivity index (χ2n) is 2.87. The molecule has 4 heteroatoms. The highest BCUT2D eigenvalue weighted by Gasteiger charge is 2.22. The van der Waals surface area contributed by atoms with Crippen molar-refractivity contribution in [2.75, 3.05) is 13.2 Å². The highest BCUT2D eigenvalue weighted by molar-refractivity contribution is 5.87. The first kappa shape index (κ1) is 7.36. The first-order valence-electron chi connectivity index (χ1n) is 3.75. The Labute approximate surface area is 69.5 Å². The predicted octanol–water partition coefficient (Wildman–Crippen LogP) is 0.233. The smallest absolute Gasteiger partial charge is 0.333 e. The zero-order valence-electron chi connectivity index (χ0n) is 6.46. The van der Waals surface area contributed by atoms with Crippen LogP contribution in [0.15, 0.2) is 23.0 Å². The Kier molecular flexibility index (Phi) is 1.62. The van der Waals surface area contributed by atoms with Gasteiger partial charge in [0.15, 0.2) is 0 Å². The molecule has 0 amide bonds. The maximum atomic E-state index is 10.6. The maximum absolute atomic E-state index is 10.6. The lowest BCUT2D eigenvalue weighted by Gasteiger charge is -2.12.